The molecular formula is C57H110N2O6P+. The Morgan fingerprint density at radius 3 is 1.24 bits per heavy atom. The van der Waals surface area contributed by atoms with Crippen molar-refractivity contribution in [3.8, 4) is 0 Å². The van der Waals surface area contributed by atoms with E-state index in [2.05, 4.69) is 55.6 Å². The Morgan fingerprint density at radius 2 is 0.879 bits per heavy atom. The molecule has 0 aromatic carbocycles. The van der Waals surface area contributed by atoms with Gasteiger partial charge in [0.25, 0.3) is 0 Å². The maximum absolute atomic E-state index is 12.9. The molecule has 0 aliphatic heterocycles. The highest BCUT2D eigenvalue weighted by atomic mass is 31.2. The first-order valence-corrected chi connectivity index (χ1v) is 29.5. The van der Waals surface area contributed by atoms with Crippen LogP contribution in [0.4, 0.5) is 0 Å². The van der Waals surface area contributed by atoms with Gasteiger partial charge in [-0.15, -0.1) is 0 Å². The minimum absolute atomic E-state index is 0.0609. The minimum Gasteiger partial charge on any atom is -0.391 e. The van der Waals surface area contributed by atoms with Gasteiger partial charge in [-0.3, -0.25) is 13.8 Å². The van der Waals surface area contributed by atoms with E-state index < -0.39 is 20.0 Å². The third-order valence-electron chi connectivity index (χ3n) is 12.6. The number of hydrogen-bond acceptors (Lipinski definition) is 5. The lowest BCUT2D eigenvalue weighted by Crippen LogP contribution is -2.46. The molecule has 0 aromatic rings. The van der Waals surface area contributed by atoms with Crippen molar-refractivity contribution >= 4 is 13.7 Å². The first kappa shape index (κ1) is 64.5. The van der Waals surface area contributed by atoms with Gasteiger partial charge in [0.05, 0.1) is 39.9 Å². The molecule has 0 aliphatic rings. The molecule has 0 saturated heterocycles. The number of carbonyl (C=O) groups excluding carboxylic acids is 1. The summed E-state index contributed by atoms with van der Waals surface area (Å²) in [4.78, 5) is 23.2. The molecule has 0 bridgehead atoms. The van der Waals surface area contributed by atoms with Crippen LogP contribution < -0.4 is 5.32 Å². The first-order valence-electron chi connectivity index (χ1n) is 28.0. The van der Waals surface area contributed by atoms with Crippen LogP contribution in [0.1, 0.15) is 258 Å². The quantitative estimate of drug-likeness (QED) is 0.0243. The number of amides is 1. The van der Waals surface area contributed by atoms with Crippen molar-refractivity contribution in [3.05, 3.63) is 48.6 Å². The molecule has 0 rings (SSSR count). The Balaban J connectivity index is 4.06. The van der Waals surface area contributed by atoms with Crippen LogP contribution in [0.2, 0.25) is 0 Å². The molecule has 0 spiro atoms. The Labute approximate surface area is 409 Å². The fourth-order valence-corrected chi connectivity index (χ4v) is 8.97. The van der Waals surface area contributed by atoms with E-state index in [4.69, 9.17) is 9.05 Å². The molecule has 3 atom stereocenters. The van der Waals surface area contributed by atoms with E-state index >= 15 is 0 Å². The van der Waals surface area contributed by atoms with Crippen molar-refractivity contribution in [1.82, 2.24) is 5.32 Å². The third kappa shape index (κ3) is 50.3. The van der Waals surface area contributed by atoms with Gasteiger partial charge in [-0.2, -0.15) is 0 Å². The number of hydrogen-bond donors (Lipinski definition) is 3. The predicted octanol–water partition coefficient (Wildman–Crippen LogP) is 16.8. The Hall–Kier alpha value is -1.54. The van der Waals surface area contributed by atoms with Crippen molar-refractivity contribution in [2.24, 2.45) is 0 Å². The molecule has 1 amide bonds. The predicted molar refractivity (Wildman–Crippen MR) is 286 cm³/mol. The van der Waals surface area contributed by atoms with E-state index in [-0.39, 0.29) is 25.5 Å². The van der Waals surface area contributed by atoms with E-state index in [0.717, 1.165) is 44.9 Å². The number of phosphoric ester groups is 1. The van der Waals surface area contributed by atoms with Crippen LogP contribution in [-0.2, 0) is 18.4 Å². The number of nitrogens with zero attached hydrogens (tertiary/aromatic N) is 1. The molecule has 0 fully saturated rings. The molecule has 3 N–H and O–H groups in total. The number of aliphatic hydroxyl groups excluding tert-OH is 1. The smallest absolute Gasteiger partial charge is 0.391 e. The monoisotopic (exact) mass is 950 g/mol. The van der Waals surface area contributed by atoms with Gasteiger partial charge in [-0.25, -0.2) is 4.57 Å². The molecule has 66 heavy (non-hydrogen) atoms. The van der Waals surface area contributed by atoms with E-state index in [1.807, 2.05) is 33.3 Å². The van der Waals surface area contributed by atoms with Crippen molar-refractivity contribution in [3.63, 3.8) is 0 Å². The summed E-state index contributed by atoms with van der Waals surface area (Å²) in [5.41, 5.74) is 0. The van der Waals surface area contributed by atoms with Crippen LogP contribution in [0.3, 0.4) is 0 Å². The summed E-state index contributed by atoms with van der Waals surface area (Å²) >= 11 is 0. The lowest BCUT2D eigenvalue weighted by atomic mass is 10.0. The van der Waals surface area contributed by atoms with Crippen molar-refractivity contribution in [2.45, 2.75) is 270 Å². The van der Waals surface area contributed by atoms with Gasteiger partial charge in [0.2, 0.25) is 5.91 Å². The van der Waals surface area contributed by atoms with Gasteiger partial charge in [-0.05, 0) is 38.5 Å². The highest BCUT2D eigenvalue weighted by Crippen LogP contribution is 2.43. The molecule has 9 heteroatoms. The van der Waals surface area contributed by atoms with E-state index in [0.29, 0.717) is 23.9 Å². The number of allylic oxidation sites excluding steroid dienone is 8. The minimum atomic E-state index is -4.34. The number of likely N-dealkylation sites (N-methyl/N-ethyl adjacent to an activating group) is 1. The van der Waals surface area contributed by atoms with Crippen LogP contribution >= 0.6 is 7.82 Å². The molecule has 0 radical (unpaired) electrons. The topological polar surface area (TPSA) is 105 Å². The van der Waals surface area contributed by atoms with Gasteiger partial charge < -0.3 is 19.8 Å². The zero-order valence-electron chi connectivity index (χ0n) is 44.2. The summed E-state index contributed by atoms with van der Waals surface area (Å²) in [7, 11) is 1.57. The molecule has 0 saturated carbocycles. The van der Waals surface area contributed by atoms with Crippen LogP contribution in [0, 0.1) is 0 Å². The normalized spacial score (nSPS) is 14.3. The standard InChI is InChI=1S/C57H109N2O6P/c1-6-8-10-12-14-16-18-20-21-22-23-24-25-26-27-28-29-30-31-32-33-34-35-36-37-39-40-42-44-46-48-50-56(60)55(54-65-66(62,63)64-53-52-59(3,4)5)58-57(61)51-49-47-45-43-41-38-19-17-15-13-11-9-7-2/h9,11,15,17,38,41,45,47,55-56,60H,6-8,10,12-14,16,18-37,39-40,42-44,46,48-54H2,1-5H3,(H-,58,61,62,63)/p+1/b11-9-,17-15-,41-38-,47-45-. The number of quaternary nitrogens is 1. The lowest BCUT2D eigenvalue weighted by molar-refractivity contribution is -0.870. The third-order valence-corrected chi connectivity index (χ3v) is 13.6. The van der Waals surface area contributed by atoms with Crippen molar-refractivity contribution < 1.29 is 32.9 Å². The van der Waals surface area contributed by atoms with E-state index in [1.54, 1.807) is 0 Å². The van der Waals surface area contributed by atoms with Crippen LogP contribution in [0.15, 0.2) is 48.6 Å². The SMILES string of the molecule is CC/C=C\C/C=C\C/C=C\C/C=C\CCC(=O)NC(COP(=O)(O)OCC[N+](C)(C)C)C(O)CCCCCCCCCCCCCCCCCCCCCCCCCCCCCCCCC. The molecule has 388 valence electrons. The number of aliphatic hydroxyl groups is 1. The second kappa shape index (κ2) is 48.5. The summed E-state index contributed by atoms with van der Waals surface area (Å²) < 4.78 is 23.7. The summed E-state index contributed by atoms with van der Waals surface area (Å²) in [6, 6.07) is -0.800. The number of phosphoric acid groups is 1. The second-order valence-electron chi connectivity index (χ2n) is 20.3. The molecule has 0 aliphatic carbocycles. The molecule has 3 unspecified atom stereocenters. The van der Waals surface area contributed by atoms with E-state index in [9.17, 15) is 19.4 Å². The number of nitrogens with one attached hydrogen (secondary N) is 1. The lowest BCUT2D eigenvalue weighted by Gasteiger charge is -2.26. The van der Waals surface area contributed by atoms with Crippen molar-refractivity contribution in [1.29, 1.82) is 0 Å². The summed E-state index contributed by atoms with van der Waals surface area (Å²) in [6.07, 6.45) is 63.6. The fourth-order valence-electron chi connectivity index (χ4n) is 8.24. The van der Waals surface area contributed by atoms with Crippen LogP contribution in [0.5, 0.6) is 0 Å². The van der Waals surface area contributed by atoms with Crippen molar-refractivity contribution in [2.75, 3.05) is 40.9 Å². The summed E-state index contributed by atoms with van der Waals surface area (Å²) in [5.74, 6) is -0.222. The van der Waals surface area contributed by atoms with Crippen LogP contribution in [-0.4, -0.2) is 73.4 Å². The van der Waals surface area contributed by atoms with Gasteiger partial charge in [0.1, 0.15) is 13.2 Å². The zero-order valence-corrected chi connectivity index (χ0v) is 45.1. The molecule has 0 aromatic heterocycles. The highest BCUT2D eigenvalue weighted by Gasteiger charge is 2.28. The van der Waals surface area contributed by atoms with Gasteiger partial charge in [-0.1, -0.05) is 262 Å². The fraction of sp³-hybridized carbons (Fsp3) is 0.842. The van der Waals surface area contributed by atoms with Gasteiger partial charge >= 0.3 is 7.82 Å². The van der Waals surface area contributed by atoms with Crippen LogP contribution in [0.25, 0.3) is 0 Å². The zero-order chi connectivity index (χ0) is 48.5. The average molecular weight is 950 g/mol. The number of carbonyl (C=O) groups is 1. The number of unbranched alkanes of at least 4 members (excludes halogenated alkanes) is 30. The molecule has 0 heterocycles. The van der Waals surface area contributed by atoms with Gasteiger partial charge in [0, 0.05) is 6.42 Å². The Bertz CT molecular complexity index is 1210. The average Bonchev–Trinajstić information content (AvgIpc) is 3.28. The maximum Gasteiger partial charge on any atom is 0.472 e. The molecular weight excluding hydrogens is 840 g/mol. The summed E-state index contributed by atoms with van der Waals surface area (Å²) in [5, 5.41) is 14.0. The first-order chi connectivity index (χ1) is 32.0. The summed E-state index contributed by atoms with van der Waals surface area (Å²) in [6.45, 7) is 4.73. The van der Waals surface area contributed by atoms with Gasteiger partial charge in [0.15, 0.2) is 0 Å². The second-order valence-corrected chi connectivity index (χ2v) is 21.7. The Kier molecular flexibility index (Phi) is 47.4. The van der Waals surface area contributed by atoms with E-state index in [1.165, 1.54) is 180 Å². The molecule has 8 nitrogen and oxygen atoms in total. The Morgan fingerprint density at radius 1 is 0.530 bits per heavy atom. The number of rotatable bonds is 51. The largest absolute Gasteiger partial charge is 0.472 e. The maximum atomic E-state index is 12.9. The highest BCUT2D eigenvalue weighted by molar-refractivity contribution is 7.47.